The molecule has 4 heteroatoms. The van der Waals surface area contributed by atoms with Crippen LogP contribution in [0.5, 0.6) is 0 Å². The molecule has 0 spiro atoms. The van der Waals surface area contributed by atoms with Gasteiger partial charge in [0.2, 0.25) is 0 Å². The summed E-state index contributed by atoms with van der Waals surface area (Å²) < 4.78 is 5.02. The lowest BCUT2D eigenvalue weighted by atomic mass is 10.1. The number of esters is 1. The fourth-order valence-corrected chi connectivity index (χ4v) is 0.503. The van der Waals surface area contributed by atoms with Gasteiger partial charge < -0.3 is 16.2 Å². The lowest BCUT2D eigenvalue weighted by Gasteiger charge is -2.18. The molecule has 0 aliphatic carbocycles. The van der Waals surface area contributed by atoms with Gasteiger partial charge in [-0.15, -0.1) is 0 Å². The summed E-state index contributed by atoms with van der Waals surface area (Å²) >= 11 is 0. The Hall–Kier alpha value is -0.610. The van der Waals surface area contributed by atoms with Crippen molar-refractivity contribution < 1.29 is 9.53 Å². The number of rotatable bonds is 4. The molecule has 4 nitrogen and oxygen atoms in total. The Balaban J connectivity index is 3.84. The van der Waals surface area contributed by atoms with Crippen molar-refractivity contribution in [2.24, 2.45) is 17.4 Å². The van der Waals surface area contributed by atoms with Crippen molar-refractivity contribution in [3.63, 3.8) is 0 Å². The molecule has 0 fully saturated rings. The van der Waals surface area contributed by atoms with E-state index in [1.165, 1.54) is 0 Å². The second-order valence-electron chi connectivity index (χ2n) is 3.23. The Labute approximate surface area is 73.2 Å². The van der Waals surface area contributed by atoms with E-state index in [2.05, 4.69) is 0 Å². The number of carbonyl (C=O) groups excluding carboxylic acids is 1. The van der Waals surface area contributed by atoms with Gasteiger partial charge in [-0.2, -0.15) is 0 Å². The summed E-state index contributed by atoms with van der Waals surface area (Å²) in [7, 11) is 0. The highest BCUT2D eigenvalue weighted by Gasteiger charge is 2.17. The van der Waals surface area contributed by atoms with Gasteiger partial charge in [0.05, 0.1) is 0 Å². The highest BCUT2D eigenvalue weighted by Crippen LogP contribution is 2.05. The predicted octanol–water partition coefficient (Wildman–Crippen LogP) is -0.140. The van der Waals surface area contributed by atoms with E-state index in [0.717, 1.165) is 0 Å². The average Bonchev–Trinajstić information content (AvgIpc) is 2.02. The molecule has 0 saturated heterocycles. The molecular formula is C8H18N2O2. The number of carbonyl (C=O) groups is 1. The largest absolute Gasteiger partial charge is 0.461 e. The molecular weight excluding hydrogens is 156 g/mol. The molecule has 0 rings (SSSR count). The number of ether oxygens (including phenoxy) is 1. The van der Waals surface area contributed by atoms with Crippen molar-refractivity contribution >= 4 is 5.97 Å². The maximum absolute atomic E-state index is 11.1. The smallest absolute Gasteiger partial charge is 0.324 e. The molecule has 0 aromatic rings. The minimum Gasteiger partial charge on any atom is -0.461 e. The normalized spacial score (nSPS) is 15.8. The van der Waals surface area contributed by atoms with Gasteiger partial charge in [-0.3, -0.25) is 4.79 Å². The van der Waals surface area contributed by atoms with Crippen molar-refractivity contribution in [1.29, 1.82) is 0 Å². The Morgan fingerprint density at radius 1 is 1.42 bits per heavy atom. The maximum Gasteiger partial charge on any atom is 0.324 e. The first-order valence-electron chi connectivity index (χ1n) is 4.15. The first-order valence-corrected chi connectivity index (χ1v) is 4.15. The van der Waals surface area contributed by atoms with Crippen LogP contribution in [0.2, 0.25) is 0 Å². The van der Waals surface area contributed by atoms with Gasteiger partial charge in [-0.1, -0.05) is 13.8 Å². The average molecular weight is 174 g/mol. The molecule has 0 aliphatic rings. The minimum absolute atomic E-state index is 0.102. The maximum atomic E-state index is 11.1. The van der Waals surface area contributed by atoms with Crippen LogP contribution in [-0.2, 0) is 9.53 Å². The number of hydrogen-bond donors (Lipinski definition) is 2. The SMILES string of the molecule is CC(C)[C@H](C)OC(=O)[C@H](N)CN. The van der Waals surface area contributed by atoms with Crippen LogP contribution >= 0.6 is 0 Å². The number of nitrogens with two attached hydrogens (primary N) is 2. The summed E-state index contributed by atoms with van der Waals surface area (Å²) in [5.41, 5.74) is 10.6. The van der Waals surface area contributed by atoms with Gasteiger partial charge in [0, 0.05) is 6.54 Å². The molecule has 0 aromatic carbocycles. The van der Waals surface area contributed by atoms with E-state index in [4.69, 9.17) is 16.2 Å². The fourth-order valence-electron chi connectivity index (χ4n) is 0.503. The molecule has 0 heterocycles. The highest BCUT2D eigenvalue weighted by atomic mass is 16.5. The predicted molar refractivity (Wildman–Crippen MR) is 47.4 cm³/mol. The zero-order chi connectivity index (χ0) is 9.72. The van der Waals surface area contributed by atoms with Gasteiger partial charge >= 0.3 is 5.97 Å². The van der Waals surface area contributed by atoms with Crippen LogP contribution in [0.25, 0.3) is 0 Å². The van der Waals surface area contributed by atoms with E-state index in [1.54, 1.807) is 0 Å². The van der Waals surface area contributed by atoms with Gasteiger partial charge in [-0.25, -0.2) is 0 Å². The van der Waals surface area contributed by atoms with Crippen molar-refractivity contribution in [3.05, 3.63) is 0 Å². The molecule has 0 saturated carbocycles. The Morgan fingerprint density at radius 2 is 1.92 bits per heavy atom. The van der Waals surface area contributed by atoms with E-state index in [9.17, 15) is 4.79 Å². The third-order valence-corrected chi connectivity index (χ3v) is 1.80. The molecule has 2 atom stereocenters. The van der Waals surface area contributed by atoms with E-state index < -0.39 is 12.0 Å². The van der Waals surface area contributed by atoms with Crippen molar-refractivity contribution in [1.82, 2.24) is 0 Å². The third kappa shape index (κ3) is 3.69. The van der Waals surface area contributed by atoms with Gasteiger partial charge in [0.25, 0.3) is 0 Å². The Bertz CT molecular complexity index is 148. The molecule has 0 amide bonds. The molecule has 12 heavy (non-hydrogen) atoms. The summed E-state index contributed by atoms with van der Waals surface area (Å²) in [6.45, 7) is 5.92. The topological polar surface area (TPSA) is 78.3 Å². The van der Waals surface area contributed by atoms with E-state index >= 15 is 0 Å². The van der Waals surface area contributed by atoms with Crippen molar-refractivity contribution in [2.45, 2.75) is 32.9 Å². The van der Waals surface area contributed by atoms with E-state index in [1.807, 2.05) is 20.8 Å². The lowest BCUT2D eigenvalue weighted by molar-refractivity contribution is -0.151. The highest BCUT2D eigenvalue weighted by molar-refractivity contribution is 5.75. The quantitative estimate of drug-likeness (QED) is 0.581. The summed E-state index contributed by atoms with van der Waals surface area (Å²) in [4.78, 5) is 11.1. The monoisotopic (exact) mass is 174 g/mol. The van der Waals surface area contributed by atoms with Crippen LogP contribution in [0.1, 0.15) is 20.8 Å². The molecule has 0 bridgehead atoms. The summed E-state index contributed by atoms with van der Waals surface area (Å²) in [6.07, 6.45) is -0.102. The van der Waals surface area contributed by atoms with Crippen molar-refractivity contribution in [2.75, 3.05) is 6.54 Å². The molecule has 4 N–H and O–H groups in total. The second kappa shape index (κ2) is 5.11. The summed E-state index contributed by atoms with van der Waals surface area (Å²) in [6, 6.07) is -0.689. The Morgan fingerprint density at radius 3 is 2.25 bits per heavy atom. The zero-order valence-electron chi connectivity index (χ0n) is 7.91. The van der Waals surface area contributed by atoms with Crippen LogP contribution in [0.3, 0.4) is 0 Å². The Kier molecular flexibility index (Phi) is 4.85. The van der Waals surface area contributed by atoms with Crippen LogP contribution < -0.4 is 11.5 Å². The minimum atomic E-state index is -0.689. The molecule has 0 unspecified atom stereocenters. The standard InChI is InChI=1S/C8H18N2O2/c1-5(2)6(3)12-8(11)7(10)4-9/h5-7H,4,9-10H2,1-3H3/t6-,7+/m0/s1. The van der Waals surface area contributed by atoms with E-state index in [0.29, 0.717) is 5.92 Å². The first-order chi connectivity index (χ1) is 5.49. The first kappa shape index (κ1) is 11.4. The summed E-state index contributed by atoms with van der Waals surface area (Å²) in [5, 5.41) is 0. The summed E-state index contributed by atoms with van der Waals surface area (Å²) in [5.74, 6) is -0.113. The van der Waals surface area contributed by atoms with Gasteiger partial charge in [0.1, 0.15) is 12.1 Å². The molecule has 72 valence electrons. The van der Waals surface area contributed by atoms with Gasteiger partial charge in [-0.05, 0) is 12.8 Å². The molecule has 0 aromatic heterocycles. The van der Waals surface area contributed by atoms with Crippen LogP contribution in [0, 0.1) is 5.92 Å². The fraction of sp³-hybridized carbons (Fsp3) is 0.875. The van der Waals surface area contributed by atoms with E-state index in [-0.39, 0.29) is 12.6 Å². The van der Waals surface area contributed by atoms with Crippen LogP contribution in [0.15, 0.2) is 0 Å². The lowest BCUT2D eigenvalue weighted by Crippen LogP contribution is -2.41. The zero-order valence-corrected chi connectivity index (χ0v) is 7.91. The van der Waals surface area contributed by atoms with Crippen LogP contribution in [-0.4, -0.2) is 24.7 Å². The van der Waals surface area contributed by atoms with Crippen LogP contribution in [0.4, 0.5) is 0 Å². The third-order valence-electron chi connectivity index (χ3n) is 1.80. The molecule has 0 aliphatic heterocycles. The van der Waals surface area contributed by atoms with Crippen molar-refractivity contribution in [3.8, 4) is 0 Å². The van der Waals surface area contributed by atoms with Gasteiger partial charge in [0.15, 0.2) is 0 Å². The number of hydrogen-bond acceptors (Lipinski definition) is 4. The second-order valence-corrected chi connectivity index (χ2v) is 3.23. The molecule has 0 radical (unpaired) electrons.